The molecule has 20 heavy (non-hydrogen) atoms. The second kappa shape index (κ2) is 7.07. The molecule has 1 aromatic heterocycles. The van der Waals surface area contributed by atoms with Crippen molar-refractivity contribution in [2.45, 2.75) is 59.0 Å². The van der Waals surface area contributed by atoms with Crippen LogP contribution >= 0.6 is 0 Å². The summed E-state index contributed by atoms with van der Waals surface area (Å²) in [6.07, 6.45) is 3.37. The van der Waals surface area contributed by atoms with Gasteiger partial charge in [-0.25, -0.2) is 0 Å². The van der Waals surface area contributed by atoms with Crippen LogP contribution in [-0.2, 0) is 4.79 Å². The lowest BCUT2D eigenvalue weighted by atomic mass is 10.1. The largest absolute Gasteiger partial charge is 0.481 e. The van der Waals surface area contributed by atoms with Gasteiger partial charge < -0.3 is 10.4 Å². The van der Waals surface area contributed by atoms with Crippen LogP contribution in [0.15, 0.2) is 6.20 Å². The molecule has 2 N–H and O–H groups in total. The number of hydrogen-bond acceptors (Lipinski definition) is 3. The first kappa shape index (κ1) is 16.2. The number of aliphatic carboxylic acids is 1. The van der Waals surface area contributed by atoms with Crippen LogP contribution in [0, 0.1) is 6.92 Å². The van der Waals surface area contributed by atoms with Gasteiger partial charge in [0, 0.05) is 11.7 Å². The molecule has 0 fully saturated rings. The highest BCUT2D eigenvalue weighted by Gasteiger charge is 2.19. The number of nitrogens with zero attached hydrogens (tertiary/aromatic N) is 2. The number of carboxylic acid groups (broad SMARTS) is 1. The summed E-state index contributed by atoms with van der Waals surface area (Å²) in [5.41, 5.74) is 1.33. The molecule has 1 rings (SSSR count). The van der Waals surface area contributed by atoms with E-state index in [0.717, 1.165) is 18.5 Å². The van der Waals surface area contributed by atoms with Crippen LogP contribution < -0.4 is 5.32 Å². The van der Waals surface area contributed by atoms with Gasteiger partial charge in [-0.3, -0.25) is 14.3 Å². The number of amides is 1. The molecule has 0 aliphatic rings. The Morgan fingerprint density at radius 3 is 2.50 bits per heavy atom. The first-order valence-corrected chi connectivity index (χ1v) is 6.97. The zero-order chi connectivity index (χ0) is 15.3. The molecule has 1 amide bonds. The van der Waals surface area contributed by atoms with Crippen molar-refractivity contribution in [1.29, 1.82) is 0 Å². The quantitative estimate of drug-likeness (QED) is 0.802. The van der Waals surface area contributed by atoms with E-state index in [0.29, 0.717) is 5.56 Å². The Morgan fingerprint density at radius 2 is 2.00 bits per heavy atom. The summed E-state index contributed by atoms with van der Waals surface area (Å²) >= 11 is 0. The van der Waals surface area contributed by atoms with Crippen LogP contribution in [0.25, 0.3) is 0 Å². The van der Waals surface area contributed by atoms with Crippen LogP contribution in [0.5, 0.6) is 0 Å². The normalized spacial score (nSPS) is 12.4. The average Bonchev–Trinajstić information content (AvgIpc) is 2.72. The summed E-state index contributed by atoms with van der Waals surface area (Å²) in [5, 5.41) is 15.7. The zero-order valence-electron chi connectivity index (χ0n) is 12.5. The Labute approximate surface area is 119 Å². The van der Waals surface area contributed by atoms with Gasteiger partial charge in [-0.2, -0.15) is 5.10 Å². The van der Waals surface area contributed by atoms with Crippen molar-refractivity contribution >= 4 is 11.9 Å². The van der Waals surface area contributed by atoms with Crippen molar-refractivity contribution in [1.82, 2.24) is 15.1 Å². The van der Waals surface area contributed by atoms with Crippen LogP contribution in [0.3, 0.4) is 0 Å². The first-order chi connectivity index (χ1) is 9.40. The van der Waals surface area contributed by atoms with E-state index in [4.69, 9.17) is 5.11 Å². The summed E-state index contributed by atoms with van der Waals surface area (Å²) < 4.78 is 1.87. The number of aromatic nitrogens is 2. The fourth-order valence-electron chi connectivity index (χ4n) is 2.26. The highest BCUT2D eigenvalue weighted by atomic mass is 16.4. The van der Waals surface area contributed by atoms with E-state index in [1.165, 1.54) is 0 Å². The molecule has 6 nitrogen and oxygen atoms in total. The molecule has 112 valence electrons. The Hall–Kier alpha value is -1.85. The van der Waals surface area contributed by atoms with E-state index in [2.05, 4.69) is 24.3 Å². The monoisotopic (exact) mass is 281 g/mol. The van der Waals surface area contributed by atoms with Crippen LogP contribution in [0.4, 0.5) is 0 Å². The molecular formula is C14H23N3O3. The first-order valence-electron chi connectivity index (χ1n) is 6.97. The SMILES string of the molecule is CCC(CC)n1ncc(C(=O)NC(C)CC(=O)O)c1C. The average molecular weight is 281 g/mol. The van der Waals surface area contributed by atoms with Crippen LogP contribution in [0.2, 0.25) is 0 Å². The Kier molecular flexibility index (Phi) is 5.73. The smallest absolute Gasteiger partial charge is 0.305 e. The molecular weight excluding hydrogens is 258 g/mol. The van der Waals surface area contributed by atoms with Gasteiger partial charge in [0.25, 0.3) is 5.91 Å². The predicted molar refractivity (Wildman–Crippen MR) is 75.8 cm³/mol. The van der Waals surface area contributed by atoms with Gasteiger partial charge in [0.15, 0.2) is 0 Å². The number of rotatable bonds is 7. The number of hydrogen-bond donors (Lipinski definition) is 2. The Morgan fingerprint density at radius 1 is 1.40 bits per heavy atom. The molecule has 0 bridgehead atoms. The van der Waals surface area contributed by atoms with Gasteiger partial charge in [-0.15, -0.1) is 0 Å². The summed E-state index contributed by atoms with van der Waals surface area (Å²) in [5.74, 6) is -1.20. The molecule has 0 aliphatic carbocycles. The molecule has 0 saturated carbocycles. The van der Waals surface area contributed by atoms with Gasteiger partial charge in [0.1, 0.15) is 0 Å². The summed E-state index contributed by atoms with van der Waals surface area (Å²) in [4.78, 5) is 22.7. The number of nitrogens with one attached hydrogen (secondary N) is 1. The highest BCUT2D eigenvalue weighted by molar-refractivity contribution is 5.95. The highest BCUT2D eigenvalue weighted by Crippen LogP contribution is 2.19. The van der Waals surface area contributed by atoms with E-state index < -0.39 is 12.0 Å². The fourth-order valence-corrected chi connectivity index (χ4v) is 2.26. The topological polar surface area (TPSA) is 84.2 Å². The van der Waals surface area contributed by atoms with Crippen molar-refractivity contribution < 1.29 is 14.7 Å². The summed E-state index contributed by atoms with van der Waals surface area (Å²) in [7, 11) is 0. The summed E-state index contributed by atoms with van der Waals surface area (Å²) in [6, 6.07) is -0.121. The zero-order valence-corrected chi connectivity index (χ0v) is 12.5. The maximum atomic E-state index is 12.1. The van der Waals surface area contributed by atoms with Crippen LogP contribution in [0.1, 0.15) is 62.1 Å². The van der Waals surface area contributed by atoms with Crippen molar-refractivity contribution in [3.8, 4) is 0 Å². The molecule has 6 heteroatoms. The number of carboxylic acids is 1. The molecule has 1 unspecified atom stereocenters. The molecule has 1 heterocycles. The van der Waals surface area contributed by atoms with Gasteiger partial charge in [0.05, 0.1) is 24.2 Å². The minimum Gasteiger partial charge on any atom is -0.481 e. The molecule has 0 spiro atoms. The van der Waals surface area contributed by atoms with E-state index >= 15 is 0 Å². The number of carbonyl (C=O) groups is 2. The lowest BCUT2D eigenvalue weighted by Crippen LogP contribution is -2.34. The van der Waals surface area contributed by atoms with E-state index in [1.54, 1.807) is 13.1 Å². The molecule has 1 aromatic rings. The third kappa shape index (κ3) is 3.82. The standard InChI is InChI=1S/C14H23N3O3/c1-5-11(6-2)17-10(4)12(8-15-17)14(20)16-9(3)7-13(18)19/h8-9,11H,5-7H2,1-4H3,(H,16,20)(H,18,19). The predicted octanol–water partition coefficient (Wildman–Crippen LogP) is 2.15. The van der Waals surface area contributed by atoms with Crippen LogP contribution in [-0.4, -0.2) is 32.8 Å². The molecule has 0 aromatic carbocycles. The van der Waals surface area contributed by atoms with Crippen molar-refractivity contribution in [2.75, 3.05) is 0 Å². The molecule has 0 radical (unpaired) electrons. The summed E-state index contributed by atoms with van der Waals surface area (Å²) in [6.45, 7) is 7.71. The van der Waals surface area contributed by atoms with Gasteiger partial charge in [-0.05, 0) is 26.7 Å². The lowest BCUT2D eigenvalue weighted by Gasteiger charge is -2.16. The van der Waals surface area contributed by atoms with Crippen molar-refractivity contribution in [3.05, 3.63) is 17.5 Å². The van der Waals surface area contributed by atoms with Gasteiger partial charge in [-0.1, -0.05) is 13.8 Å². The molecule has 0 aliphatic heterocycles. The number of carbonyl (C=O) groups excluding carboxylic acids is 1. The van der Waals surface area contributed by atoms with E-state index in [-0.39, 0.29) is 18.4 Å². The minimum absolute atomic E-state index is 0.0918. The fraction of sp³-hybridized carbons (Fsp3) is 0.643. The van der Waals surface area contributed by atoms with Crippen molar-refractivity contribution in [3.63, 3.8) is 0 Å². The minimum atomic E-state index is -0.928. The Bertz CT molecular complexity index is 478. The third-order valence-corrected chi connectivity index (χ3v) is 3.44. The third-order valence-electron chi connectivity index (χ3n) is 3.44. The van der Waals surface area contributed by atoms with Gasteiger partial charge in [0.2, 0.25) is 0 Å². The molecule has 1 atom stereocenters. The van der Waals surface area contributed by atoms with Gasteiger partial charge >= 0.3 is 5.97 Å². The van der Waals surface area contributed by atoms with E-state index in [9.17, 15) is 9.59 Å². The maximum Gasteiger partial charge on any atom is 0.305 e. The van der Waals surface area contributed by atoms with E-state index in [1.807, 2.05) is 11.6 Å². The second-order valence-corrected chi connectivity index (χ2v) is 5.03. The van der Waals surface area contributed by atoms with Crippen molar-refractivity contribution in [2.24, 2.45) is 0 Å². The Balaban J connectivity index is 2.82. The lowest BCUT2D eigenvalue weighted by molar-refractivity contribution is -0.137. The maximum absolute atomic E-state index is 12.1. The molecule has 0 saturated heterocycles. The second-order valence-electron chi connectivity index (χ2n) is 5.03.